The summed E-state index contributed by atoms with van der Waals surface area (Å²) in [5.41, 5.74) is 0. The van der Waals surface area contributed by atoms with E-state index in [4.69, 9.17) is 5.11 Å². The molecule has 1 atom stereocenters. The van der Waals surface area contributed by atoms with E-state index in [9.17, 15) is 0 Å². The third-order valence-electron chi connectivity index (χ3n) is 2.07. The van der Waals surface area contributed by atoms with Crippen molar-refractivity contribution in [1.29, 1.82) is 0 Å². The summed E-state index contributed by atoms with van der Waals surface area (Å²) in [5.74, 6) is 0. The van der Waals surface area contributed by atoms with Gasteiger partial charge < -0.3 is 5.11 Å². The molecule has 58 valence electrons. The van der Waals surface area contributed by atoms with Crippen molar-refractivity contribution in [2.45, 2.75) is 18.9 Å². The van der Waals surface area contributed by atoms with Crippen molar-refractivity contribution in [3.05, 3.63) is 12.7 Å². The fourth-order valence-corrected chi connectivity index (χ4v) is 1.41. The molecular formula is C8H15NO. The Morgan fingerprint density at radius 2 is 2.10 bits per heavy atom. The molecule has 1 fully saturated rings. The third kappa shape index (κ3) is 1.58. The van der Waals surface area contributed by atoms with Gasteiger partial charge in [-0.3, -0.25) is 4.90 Å². The molecule has 1 aliphatic heterocycles. The smallest absolute Gasteiger partial charge is 0.0622 e. The quantitative estimate of drug-likeness (QED) is 0.583. The number of aliphatic hydroxyl groups is 1. The second kappa shape index (κ2) is 3.74. The van der Waals surface area contributed by atoms with E-state index in [1.807, 2.05) is 6.08 Å². The molecule has 1 heterocycles. The van der Waals surface area contributed by atoms with Crippen molar-refractivity contribution in [3.8, 4) is 0 Å². The van der Waals surface area contributed by atoms with E-state index in [1.165, 1.54) is 12.8 Å². The minimum absolute atomic E-state index is 0.197. The van der Waals surface area contributed by atoms with Crippen molar-refractivity contribution in [3.63, 3.8) is 0 Å². The first-order chi connectivity index (χ1) is 4.88. The Morgan fingerprint density at radius 3 is 2.50 bits per heavy atom. The Balaban J connectivity index is 2.36. The van der Waals surface area contributed by atoms with E-state index in [0.717, 1.165) is 13.1 Å². The third-order valence-corrected chi connectivity index (χ3v) is 2.07. The Bertz CT molecular complexity index is 108. The van der Waals surface area contributed by atoms with Gasteiger partial charge in [-0.2, -0.15) is 0 Å². The zero-order valence-electron chi connectivity index (χ0n) is 6.29. The van der Waals surface area contributed by atoms with Crippen LogP contribution < -0.4 is 0 Å². The minimum Gasteiger partial charge on any atom is -0.394 e. The highest BCUT2D eigenvalue weighted by Gasteiger charge is 2.17. The molecule has 0 aliphatic carbocycles. The first-order valence-electron chi connectivity index (χ1n) is 3.86. The van der Waals surface area contributed by atoms with Gasteiger partial charge in [0, 0.05) is 0 Å². The molecule has 0 aromatic heterocycles. The molecule has 0 spiro atoms. The molecule has 1 rings (SSSR count). The maximum absolute atomic E-state index is 8.87. The molecule has 2 heteroatoms. The van der Waals surface area contributed by atoms with Gasteiger partial charge in [0.05, 0.1) is 12.6 Å². The van der Waals surface area contributed by atoms with Gasteiger partial charge in [0.1, 0.15) is 0 Å². The molecule has 0 bridgehead atoms. The fourth-order valence-electron chi connectivity index (χ4n) is 1.41. The molecule has 1 saturated heterocycles. The standard InChI is InChI=1S/C8H15NO/c1-2-8(7-10)9-5-3-4-6-9/h2,8,10H,1,3-7H2. The highest BCUT2D eigenvalue weighted by atomic mass is 16.3. The minimum atomic E-state index is 0.197. The summed E-state index contributed by atoms with van der Waals surface area (Å²) in [6, 6.07) is 0.197. The van der Waals surface area contributed by atoms with Gasteiger partial charge in [-0.1, -0.05) is 6.08 Å². The Hall–Kier alpha value is -0.340. The topological polar surface area (TPSA) is 23.5 Å². The van der Waals surface area contributed by atoms with Gasteiger partial charge in [-0.25, -0.2) is 0 Å². The van der Waals surface area contributed by atoms with Gasteiger partial charge in [0.2, 0.25) is 0 Å². The van der Waals surface area contributed by atoms with Crippen LogP contribution in [0.5, 0.6) is 0 Å². The summed E-state index contributed by atoms with van der Waals surface area (Å²) in [6.07, 6.45) is 4.36. The maximum Gasteiger partial charge on any atom is 0.0622 e. The molecule has 1 N–H and O–H groups in total. The highest BCUT2D eigenvalue weighted by molar-refractivity contribution is 4.89. The van der Waals surface area contributed by atoms with Crippen molar-refractivity contribution >= 4 is 0 Å². The van der Waals surface area contributed by atoms with E-state index in [-0.39, 0.29) is 12.6 Å². The van der Waals surface area contributed by atoms with Crippen molar-refractivity contribution in [1.82, 2.24) is 4.90 Å². The van der Waals surface area contributed by atoms with E-state index < -0.39 is 0 Å². The maximum atomic E-state index is 8.87. The molecule has 0 amide bonds. The van der Waals surface area contributed by atoms with Crippen LogP contribution in [0.25, 0.3) is 0 Å². The zero-order valence-corrected chi connectivity index (χ0v) is 6.29. The predicted molar refractivity (Wildman–Crippen MR) is 41.9 cm³/mol. The number of rotatable bonds is 3. The lowest BCUT2D eigenvalue weighted by molar-refractivity contribution is 0.177. The van der Waals surface area contributed by atoms with Crippen molar-refractivity contribution in [2.75, 3.05) is 19.7 Å². The van der Waals surface area contributed by atoms with E-state index in [2.05, 4.69) is 11.5 Å². The van der Waals surface area contributed by atoms with Crippen LogP contribution in [0.3, 0.4) is 0 Å². The summed E-state index contributed by atoms with van der Waals surface area (Å²) in [4.78, 5) is 2.27. The average Bonchev–Trinajstić information content (AvgIpc) is 2.43. The second-order valence-electron chi connectivity index (χ2n) is 2.73. The molecule has 0 radical (unpaired) electrons. The lowest BCUT2D eigenvalue weighted by atomic mass is 10.3. The van der Waals surface area contributed by atoms with E-state index >= 15 is 0 Å². The van der Waals surface area contributed by atoms with Crippen LogP contribution in [0.1, 0.15) is 12.8 Å². The van der Waals surface area contributed by atoms with Gasteiger partial charge in [-0.05, 0) is 25.9 Å². The SMILES string of the molecule is C=CC(CO)N1CCCC1. The Labute approximate surface area is 62.2 Å². The normalized spacial score (nSPS) is 22.9. The lowest BCUT2D eigenvalue weighted by Gasteiger charge is -2.21. The summed E-state index contributed by atoms with van der Waals surface area (Å²) in [6.45, 7) is 6.13. The van der Waals surface area contributed by atoms with Crippen molar-refractivity contribution < 1.29 is 5.11 Å². The fraction of sp³-hybridized carbons (Fsp3) is 0.750. The molecule has 10 heavy (non-hydrogen) atoms. The number of hydrogen-bond donors (Lipinski definition) is 1. The Morgan fingerprint density at radius 1 is 1.50 bits per heavy atom. The number of aliphatic hydroxyl groups excluding tert-OH is 1. The second-order valence-corrected chi connectivity index (χ2v) is 2.73. The first-order valence-corrected chi connectivity index (χ1v) is 3.86. The molecule has 2 nitrogen and oxygen atoms in total. The van der Waals surface area contributed by atoms with Crippen LogP contribution in [0, 0.1) is 0 Å². The van der Waals surface area contributed by atoms with Gasteiger partial charge in [0.25, 0.3) is 0 Å². The summed E-state index contributed by atoms with van der Waals surface area (Å²) in [5, 5.41) is 8.87. The monoisotopic (exact) mass is 141 g/mol. The summed E-state index contributed by atoms with van der Waals surface area (Å²) >= 11 is 0. The molecule has 0 saturated carbocycles. The number of likely N-dealkylation sites (tertiary alicyclic amines) is 1. The lowest BCUT2D eigenvalue weighted by Crippen LogP contribution is -2.33. The molecule has 1 unspecified atom stereocenters. The average molecular weight is 141 g/mol. The Kier molecular flexibility index (Phi) is 2.90. The van der Waals surface area contributed by atoms with Gasteiger partial charge in [-0.15, -0.1) is 6.58 Å². The van der Waals surface area contributed by atoms with Gasteiger partial charge in [0.15, 0.2) is 0 Å². The van der Waals surface area contributed by atoms with Crippen molar-refractivity contribution in [2.24, 2.45) is 0 Å². The van der Waals surface area contributed by atoms with Crippen LogP contribution in [0.15, 0.2) is 12.7 Å². The van der Waals surface area contributed by atoms with E-state index in [0.29, 0.717) is 0 Å². The predicted octanol–water partition coefficient (Wildman–Crippen LogP) is 0.629. The number of hydrogen-bond acceptors (Lipinski definition) is 2. The van der Waals surface area contributed by atoms with Crippen LogP contribution in [0.2, 0.25) is 0 Å². The van der Waals surface area contributed by atoms with Crippen LogP contribution in [-0.4, -0.2) is 35.7 Å². The molecule has 1 aliphatic rings. The largest absolute Gasteiger partial charge is 0.394 e. The number of nitrogens with zero attached hydrogens (tertiary/aromatic N) is 1. The van der Waals surface area contributed by atoms with Crippen LogP contribution >= 0.6 is 0 Å². The van der Waals surface area contributed by atoms with Gasteiger partial charge >= 0.3 is 0 Å². The van der Waals surface area contributed by atoms with Crippen LogP contribution in [-0.2, 0) is 0 Å². The van der Waals surface area contributed by atoms with Crippen LogP contribution in [0.4, 0.5) is 0 Å². The molecular weight excluding hydrogens is 126 g/mol. The summed E-state index contributed by atoms with van der Waals surface area (Å²) in [7, 11) is 0. The highest BCUT2D eigenvalue weighted by Crippen LogP contribution is 2.11. The van der Waals surface area contributed by atoms with E-state index in [1.54, 1.807) is 0 Å². The zero-order chi connectivity index (χ0) is 7.40. The molecule has 0 aromatic carbocycles. The first kappa shape index (κ1) is 7.76. The summed E-state index contributed by atoms with van der Waals surface area (Å²) < 4.78 is 0. The molecule has 0 aromatic rings.